The van der Waals surface area contributed by atoms with Crippen molar-refractivity contribution in [3.8, 4) is 0 Å². The molecule has 3 rings (SSSR count). The quantitative estimate of drug-likeness (QED) is 0.897. The molecule has 2 N–H and O–H groups in total. The lowest BCUT2D eigenvalue weighted by Gasteiger charge is -2.27. The third-order valence-corrected chi connectivity index (χ3v) is 5.47. The van der Waals surface area contributed by atoms with Gasteiger partial charge in [-0.2, -0.15) is 0 Å². The third kappa shape index (κ3) is 2.71. The lowest BCUT2D eigenvalue weighted by Crippen LogP contribution is -2.31. The van der Waals surface area contributed by atoms with Crippen molar-refractivity contribution in [1.29, 1.82) is 0 Å². The second-order valence-electron chi connectivity index (χ2n) is 6.93. The molecule has 0 aliphatic heterocycles. The molecule has 3 nitrogen and oxygen atoms in total. The van der Waals surface area contributed by atoms with E-state index in [1.807, 2.05) is 12.1 Å². The van der Waals surface area contributed by atoms with E-state index in [9.17, 15) is 9.90 Å². The van der Waals surface area contributed by atoms with Crippen molar-refractivity contribution in [3.63, 3.8) is 0 Å². The number of hydrogen-bond acceptors (Lipinski definition) is 2. The van der Waals surface area contributed by atoms with Crippen LogP contribution >= 0.6 is 0 Å². The summed E-state index contributed by atoms with van der Waals surface area (Å²) in [7, 11) is 0. The summed E-state index contributed by atoms with van der Waals surface area (Å²) in [6, 6.07) is 5.70. The second kappa shape index (κ2) is 5.45. The van der Waals surface area contributed by atoms with Crippen molar-refractivity contribution in [1.82, 2.24) is 0 Å². The summed E-state index contributed by atoms with van der Waals surface area (Å²) in [5, 5.41) is 19.3. The molecule has 1 aromatic carbocycles. The van der Waals surface area contributed by atoms with Gasteiger partial charge in [-0.05, 0) is 48.3 Å². The fourth-order valence-electron chi connectivity index (χ4n) is 4.02. The van der Waals surface area contributed by atoms with Gasteiger partial charge in [-0.15, -0.1) is 0 Å². The number of rotatable bonds is 3. The van der Waals surface area contributed by atoms with Crippen molar-refractivity contribution >= 4 is 5.97 Å². The van der Waals surface area contributed by atoms with E-state index in [0.717, 1.165) is 18.8 Å². The molecule has 0 unspecified atom stereocenters. The highest BCUT2D eigenvalue weighted by atomic mass is 16.4. The number of fused-ring (bicyclic) bond motifs is 1. The molecule has 21 heavy (non-hydrogen) atoms. The van der Waals surface area contributed by atoms with Crippen LogP contribution in [0.25, 0.3) is 0 Å². The number of benzene rings is 1. The minimum atomic E-state index is -1.79. The molecule has 1 fully saturated rings. The number of hydrogen-bond donors (Lipinski definition) is 2. The van der Waals surface area contributed by atoms with E-state index in [1.54, 1.807) is 6.07 Å². The van der Waals surface area contributed by atoms with Crippen molar-refractivity contribution in [2.45, 2.75) is 57.5 Å². The Morgan fingerprint density at radius 3 is 2.43 bits per heavy atom. The fraction of sp³-hybridized carbons (Fsp3) is 0.611. The molecule has 0 amide bonds. The maximum Gasteiger partial charge on any atom is 0.340 e. The second-order valence-corrected chi connectivity index (χ2v) is 6.93. The van der Waals surface area contributed by atoms with Crippen LogP contribution in [0, 0.1) is 11.8 Å². The van der Waals surface area contributed by atoms with Crippen LogP contribution in [0.15, 0.2) is 18.2 Å². The number of carbonyl (C=O) groups is 1. The first-order valence-electron chi connectivity index (χ1n) is 8.06. The maximum atomic E-state index is 11.2. The highest BCUT2D eigenvalue weighted by Crippen LogP contribution is 2.39. The monoisotopic (exact) mass is 288 g/mol. The van der Waals surface area contributed by atoms with Gasteiger partial charge in [0, 0.05) is 0 Å². The smallest absolute Gasteiger partial charge is 0.340 e. The molecule has 1 saturated carbocycles. The Hall–Kier alpha value is -1.35. The Morgan fingerprint density at radius 1 is 1.10 bits per heavy atom. The zero-order valence-electron chi connectivity index (χ0n) is 12.6. The number of carboxylic acid groups (broad SMARTS) is 1. The van der Waals surface area contributed by atoms with E-state index in [1.165, 1.54) is 50.2 Å². The molecule has 2 atom stereocenters. The first-order chi connectivity index (χ1) is 9.98. The van der Waals surface area contributed by atoms with Gasteiger partial charge >= 0.3 is 5.97 Å². The predicted octanol–water partition coefficient (Wildman–Crippen LogP) is 3.27. The van der Waals surface area contributed by atoms with E-state index in [0.29, 0.717) is 11.5 Å². The van der Waals surface area contributed by atoms with Crippen LogP contribution in [0.2, 0.25) is 0 Å². The van der Waals surface area contributed by atoms with Gasteiger partial charge in [0.15, 0.2) is 5.60 Å². The Bertz CT molecular complexity index is 541. The minimum absolute atomic E-state index is 0.498. The van der Waals surface area contributed by atoms with Gasteiger partial charge < -0.3 is 10.2 Å². The van der Waals surface area contributed by atoms with Crippen molar-refractivity contribution in [2.24, 2.45) is 11.8 Å². The molecular formula is C18H24O3. The van der Waals surface area contributed by atoms with Crippen LogP contribution in [0.5, 0.6) is 0 Å². The fourth-order valence-corrected chi connectivity index (χ4v) is 4.02. The summed E-state index contributed by atoms with van der Waals surface area (Å²) in [6.07, 6.45) is 8.95. The summed E-state index contributed by atoms with van der Waals surface area (Å²) >= 11 is 0. The Labute approximate surface area is 126 Å². The van der Waals surface area contributed by atoms with Gasteiger partial charge in [0.25, 0.3) is 0 Å². The molecule has 1 aromatic rings. The number of carboxylic acids is 1. The van der Waals surface area contributed by atoms with Gasteiger partial charge in [-0.25, -0.2) is 4.79 Å². The molecule has 0 saturated heterocycles. The maximum absolute atomic E-state index is 11.2. The Morgan fingerprint density at radius 2 is 1.76 bits per heavy atom. The zero-order valence-corrected chi connectivity index (χ0v) is 12.6. The lowest BCUT2D eigenvalue weighted by atomic mass is 9.79. The molecule has 0 aromatic heterocycles. The summed E-state index contributed by atoms with van der Waals surface area (Å²) < 4.78 is 0. The number of aliphatic carboxylic acids is 1. The average Bonchev–Trinajstić information content (AvgIpc) is 2.91. The molecule has 2 aliphatic carbocycles. The van der Waals surface area contributed by atoms with Crippen LogP contribution < -0.4 is 0 Å². The molecule has 0 bridgehead atoms. The summed E-state index contributed by atoms with van der Waals surface area (Å²) in [5.41, 5.74) is 1.29. The molecule has 114 valence electrons. The van der Waals surface area contributed by atoms with E-state index in [4.69, 9.17) is 5.11 Å². The van der Waals surface area contributed by atoms with Crippen LogP contribution in [0.3, 0.4) is 0 Å². The summed E-state index contributed by atoms with van der Waals surface area (Å²) in [6.45, 7) is 1.35. The first-order valence-corrected chi connectivity index (χ1v) is 8.06. The summed E-state index contributed by atoms with van der Waals surface area (Å²) in [5.74, 6) is 0.351. The SMILES string of the molecule is C[C@](O)(C(=O)O)c1ccc2c(c1)C[C@H](C1CCCCC1)C2. The van der Waals surface area contributed by atoms with Gasteiger partial charge in [0.05, 0.1) is 0 Å². The van der Waals surface area contributed by atoms with Crippen molar-refractivity contribution in [2.75, 3.05) is 0 Å². The molecule has 0 spiro atoms. The first kappa shape index (κ1) is 14.6. The topological polar surface area (TPSA) is 57.5 Å². The van der Waals surface area contributed by atoms with Crippen LogP contribution in [-0.2, 0) is 23.2 Å². The zero-order chi connectivity index (χ0) is 15.0. The van der Waals surface area contributed by atoms with Gasteiger partial charge in [0.2, 0.25) is 0 Å². The number of aliphatic hydroxyl groups is 1. The summed E-state index contributed by atoms with van der Waals surface area (Å²) in [4.78, 5) is 11.2. The van der Waals surface area contributed by atoms with E-state index >= 15 is 0 Å². The van der Waals surface area contributed by atoms with Gasteiger partial charge in [-0.3, -0.25) is 0 Å². The van der Waals surface area contributed by atoms with Crippen molar-refractivity contribution in [3.05, 3.63) is 34.9 Å². The normalized spacial score (nSPS) is 25.3. The predicted molar refractivity (Wildman–Crippen MR) is 81.1 cm³/mol. The molecular weight excluding hydrogens is 264 g/mol. The minimum Gasteiger partial charge on any atom is -0.479 e. The highest BCUT2D eigenvalue weighted by molar-refractivity contribution is 5.78. The van der Waals surface area contributed by atoms with E-state index in [-0.39, 0.29) is 0 Å². The Balaban J connectivity index is 1.79. The molecule has 2 aliphatic rings. The van der Waals surface area contributed by atoms with E-state index in [2.05, 4.69) is 0 Å². The van der Waals surface area contributed by atoms with E-state index < -0.39 is 11.6 Å². The average molecular weight is 288 g/mol. The molecule has 3 heteroatoms. The highest BCUT2D eigenvalue weighted by Gasteiger charge is 2.35. The van der Waals surface area contributed by atoms with Crippen LogP contribution in [0.4, 0.5) is 0 Å². The third-order valence-electron chi connectivity index (χ3n) is 5.47. The molecule has 0 heterocycles. The van der Waals surface area contributed by atoms with Gasteiger partial charge in [-0.1, -0.05) is 50.3 Å². The van der Waals surface area contributed by atoms with Crippen LogP contribution in [-0.4, -0.2) is 16.2 Å². The Kier molecular flexibility index (Phi) is 3.78. The lowest BCUT2D eigenvalue weighted by molar-refractivity contribution is -0.157. The van der Waals surface area contributed by atoms with Gasteiger partial charge in [0.1, 0.15) is 0 Å². The largest absolute Gasteiger partial charge is 0.479 e. The van der Waals surface area contributed by atoms with Crippen molar-refractivity contribution < 1.29 is 15.0 Å². The molecule has 0 radical (unpaired) electrons. The van der Waals surface area contributed by atoms with Crippen LogP contribution in [0.1, 0.15) is 55.7 Å². The standard InChI is InChI=1S/C18H24O3/c1-18(21,17(19)20)16-8-7-13-9-14(10-15(13)11-16)12-5-3-2-4-6-12/h7-8,11-12,14,21H,2-6,9-10H2,1H3,(H,19,20)/t14-,18-/m1/s1.